The number of rotatable bonds is 4. The van der Waals surface area contributed by atoms with Crippen molar-refractivity contribution in [3.8, 4) is 5.75 Å². The molecule has 7 heteroatoms. The highest BCUT2D eigenvalue weighted by atomic mass is 79.9. The third-order valence-corrected chi connectivity index (χ3v) is 3.55. The van der Waals surface area contributed by atoms with Crippen molar-refractivity contribution in [1.29, 1.82) is 0 Å². The molecule has 22 heavy (non-hydrogen) atoms. The van der Waals surface area contributed by atoms with E-state index in [-0.39, 0.29) is 9.86 Å². The zero-order valence-electron chi connectivity index (χ0n) is 13.7. The van der Waals surface area contributed by atoms with Crippen molar-refractivity contribution in [2.75, 3.05) is 12.1 Å². The molecule has 0 aromatic heterocycles. The van der Waals surface area contributed by atoms with Crippen LogP contribution in [0.2, 0.25) is 0 Å². The second kappa shape index (κ2) is 6.18. The molecule has 0 aliphatic rings. The van der Waals surface area contributed by atoms with E-state index < -0.39 is 29.9 Å². The molecule has 0 bridgehead atoms. The van der Waals surface area contributed by atoms with Gasteiger partial charge >= 0.3 is 0 Å². The summed E-state index contributed by atoms with van der Waals surface area (Å²) in [5.41, 5.74) is -1.29. The molecule has 0 unspecified atom stereocenters. The van der Waals surface area contributed by atoms with Crippen molar-refractivity contribution >= 4 is 38.3 Å². The number of ether oxygens (including phenoxy) is 1. The van der Waals surface area contributed by atoms with Gasteiger partial charge in [0.1, 0.15) is 8.34 Å². The minimum absolute atomic E-state index is 0.109. The molecule has 118 valence electrons. The van der Waals surface area contributed by atoms with E-state index in [0.29, 0.717) is 11.1 Å². The van der Waals surface area contributed by atoms with Crippen LogP contribution in [0, 0.1) is 5.82 Å². The molecule has 0 spiro atoms. The van der Waals surface area contributed by atoms with E-state index in [1.807, 2.05) is 0 Å². The average molecular weight is 376 g/mol. The van der Waals surface area contributed by atoms with Crippen molar-refractivity contribution in [3.63, 3.8) is 0 Å². The molecule has 0 aliphatic heterocycles. The maximum absolute atomic E-state index is 13.9. The zero-order valence-corrected chi connectivity index (χ0v) is 13.3. The first kappa shape index (κ1) is 13.9. The number of alkyl halides is 1. The topological polar surface area (TPSA) is 58.6 Å². The Bertz CT molecular complexity index is 804. The number of carbonyl (C=O) groups is 1. The molecule has 1 amide bonds. The first-order valence-electron chi connectivity index (χ1n) is 7.22. The lowest BCUT2D eigenvalue weighted by molar-refractivity contribution is -0.130. The van der Waals surface area contributed by atoms with Crippen molar-refractivity contribution in [2.45, 2.75) is 19.4 Å². The van der Waals surface area contributed by atoms with Gasteiger partial charge in [0, 0.05) is 15.5 Å². The van der Waals surface area contributed by atoms with Gasteiger partial charge < -0.3 is 15.2 Å². The minimum Gasteiger partial charge on any atom is -0.459 e. The summed E-state index contributed by atoms with van der Waals surface area (Å²) in [6.07, 6.45) is 0. The van der Waals surface area contributed by atoms with E-state index in [1.165, 1.54) is 32.0 Å². The molecule has 2 rings (SSSR count). The summed E-state index contributed by atoms with van der Waals surface area (Å²) in [6, 6.07) is 5.24. The Morgan fingerprint density at radius 1 is 1.50 bits per heavy atom. The van der Waals surface area contributed by atoms with E-state index in [4.69, 9.17) is 2.74 Å². The van der Waals surface area contributed by atoms with Crippen LogP contribution in [0.25, 0.3) is 10.8 Å². The summed E-state index contributed by atoms with van der Waals surface area (Å²) in [5.74, 6) is -2.17. The van der Waals surface area contributed by atoms with Gasteiger partial charge in [-0.2, -0.15) is 0 Å². The molecule has 2 aromatic rings. The van der Waals surface area contributed by atoms with Crippen molar-refractivity contribution in [3.05, 3.63) is 34.6 Å². The number of aliphatic hydroxyl groups is 1. The van der Waals surface area contributed by atoms with E-state index in [2.05, 4.69) is 26.0 Å². The second-order valence-corrected chi connectivity index (χ2v) is 5.98. The molecule has 0 saturated carbocycles. The predicted octanol–water partition coefficient (Wildman–Crippen LogP) is 3.76. The number of carbonyl (C=O) groups excluding carboxylic acids is 1. The molecule has 0 atom stereocenters. The largest absolute Gasteiger partial charge is 0.459 e. The highest BCUT2D eigenvalue weighted by Crippen LogP contribution is 2.37. The number of benzene rings is 2. The van der Waals surface area contributed by atoms with Crippen LogP contribution in [0.15, 0.2) is 28.7 Å². The Morgan fingerprint density at radius 3 is 2.77 bits per heavy atom. The highest BCUT2D eigenvalue weighted by molar-refractivity contribution is 9.10. The fraction of sp³-hybridized carbons (Fsp3) is 0.267. The Hall–Kier alpha value is -1.73. The summed E-state index contributed by atoms with van der Waals surface area (Å²) < 4.78 is 45.4. The van der Waals surface area contributed by atoms with Crippen molar-refractivity contribution in [1.82, 2.24) is 0 Å². The quantitative estimate of drug-likeness (QED) is 0.855. The van der Waals surface area contributed by atoms with Gasteiger partial charge in [-0.05, 0) is 53.4 Å². The van der Waals surface area contributed by atoms with E-state index in [1.54, 1.807) is 0 Å². The van der Waals surface area contributed by atoms with Crippen LogP contribution >= 0.6 is 15.9 Å². The van der Waals surface area contributed by atoms with Crippen molar-refractivity contribution in [2.24, 2.45) is 0 Å². The molecule has 0 radical (unpaired) electrons. The molecular formula is C15H14BrF2NO3. The number of fused-ring (bicyclic) bond motifs is 1. The van der Waals surface area contributed by atoms with Gasteiger partial charge in [-0.25, -0.2) is 8.78 Å². The Balaban J connectivity index is 2.54. The fourth-order valence-corrected chi connectivity index (χ4v) is 2.51. The van der Waals surface area contributed by atoms with Gasteiger partial charge in [0.15, 0.2) is 11.6 Å². The normalized spacial score (nSPS) is 13.5. The lowest BCUT2D eigenvalue weighted by atomic mass is 10.1. The molecule has 0 heterocycles. The fourth-order valence-electron chi connectivity index (χ4n) is 1.85. The number of anilines is 1. The minimum atomic E-state index is -3.55. The molecule has 4 nitrogen and oxygen atoms in total. The van der Waals surface area contributed by atoms with Crippen LogP contribution in [0.1, 0.15) is 16.6 Å². The summed E-state index contributed by atoms with van der Waals surface area (Å²) in [7, 11) is 0. The molecule has 0 fully saturated rings. The van der Waals surface area contributed by atoms with Gasteiger partial charge in [-0.1, -0.05) is 6.07 Å². The predicted molar refractivity (Wildman–Crippen MR) is 83.1 cm³/mol. The smallest absolute Gasteiger partial charge is 0.255 e. The van der Waals surface area contributed by atoms with Crippen LogP contribution in [0.3, 0.4) is 0 Å². The van der Waals surface area contributed by atoms with E-state index in [9.17, 15) is 18.7 Å². The third-order valence-electron chi connectivity index (χ3n) is 2.93. The van der Waals surface area contributed by atoms with E-state index in [0.717, 1.165) is 6.07 Å². The zero-order chi connectivity index (χ0) is 18.3. The van der Waals surface area contributed by atoms with Crippen LogP contribution < -0.4 is 10.1 Å². The summed E-state index contributed by atoms with van der Waals surface area (Å²) >= 11 is 3.18. The van der Waals surface area contributed by atoms with Crippen LogP contribution in [-0.2, 0) is 4.79 Å². The number of amides is 1. The number of hydrogen-bond acceptors (Lipinski definition) is 3. The second-order valence-electron chi connectivity index (χ2n) is 5.13. The Morgan fingerprint density at radius 2 is 2.18 bits per heavy atom. The molecule has 2 N–H and O–H groups in total. The maximum Gasteiger partial charge on any atom is 0.255 e. The Labute approximate surface area is 137 Å². The van der Waals surface area contributed by atoms with Gasteiger partial charge in [0.05, 0.1) is 0 Å². The summed E-state index contributed by atoms with van der Waals surface area (Å²) in [4.78, 5) is 11.8. The van der Waals surface area contributed by atoms with Gasteiger partial charge in [0.25, 0.3) is 5.91 Å². The van der Waals surface area contributed by atoms with Crippen molar-refractivity contribution < 1.29 is 26.2 Å². The summed E-state index contributed by atoms with van der Waals surface area (Å²) in [5, 5.41) is 12.6. The highest BCUT2D eigenvalue weighted by Gasteiger charge is 2.24. The van der Waals surface area contributed by atoms with Crippen LogP contribution in [-0.4, -0.2) is 23.4 Å². The lowest BCUT2D eigenvalue weighted by Gasteiger charge is -2.17. The molecule has 2 aromatic carbocycles. The number of nitrogens with one attached hydrogen (secondary N) is 1. The standard InChI is InChI=1S/C15H14BrF2NO3/c1-15(2,21)14(20)19-9-5-8-3-4-11(18)13(22-7-17)12(8)10(16)6-9/h3-6,21H,7H2,1-2H3,(H,19,20)/i7D2. The first-order valence-corrected chi connectivity index (χ1v) is 7.01. The van der Waals surface area contributed by atoms with Crippen LogP contribution in [0.4, 0.5) is 14.5 Å². The maximum atomic E-state index is 13.9. The molecular weight excluding hydrogens is 360 g/mol. The SMILES string of the molecule is [2H]C([2H])(F)Oc1c(F)ccc2cc(NC(=O)C(C)(C)O)cc(Br)c12. The monoisotopic (exact) mass is 375 g/mol. The molecule has 0 saturated heterocycles. The number of halogens is 3. The number of hydrogen-bond donors (Lipinski definition) is 2. The average Bonchev–Trinajstić information content (AvgIpc) is 2.39. The third kappa shape index (κ3) is 3.36. The van der Waals surface area contributed by atoms with E-state index >= 15 is 0 Å². The summed E-state index contributed by atoms with van der Waals surface area (Å²) in [6.45, 7) is -0.908. The van der Waals surface area contributed by atoms with Gasteiger partial charge in [-0.3, -0.25) is 4.79 Å². The molecule has 0 aliphatic carbocycles. The Kier molecular flexibility index (Phi) is 3.90. The first-order chi connectivity index (χ1) is 10.9. The van der Waals surface area contributed by atoms with Crippen LogP contribution in [0.5, 0.6) is 5.75 Å². The van der Waals surface area contributed by atoms with Gasteiger partial charge in [-0.15, -0.1) is 0 Å². The van der Waals surface area contributed by atoms with Gasteiger partial charge in [0.2, 0.25) is 6.81 Å². The lowest BCUT2D eigenvalue weighted by Crippen LogP contribution is -2.36.